The van der Waals surface area contributed by atoms with Crippen LogP contribution in [-0.4, -0.2) is 40.9 Å². The average molecular weight is 190 g/mol. The molecule has 0 spiro atoms. The van der Waals surface area contributed by atoms with E-state index in [4.69, 9.17) is 0 Å². The zero-order chi connectivity index (χ0) is 8.97. The molecule has 0 amide bonds. The van der Waals surface area contributed by atoms with Crippen molar-refractivity contribution in [3.05, 3.63) is 0 Å². The SMILES string of the molecule is CNCC1CCCCN1S(C)=O. The quantitative estimate of drug-likeness (QED) is 0.696. The summed E-state index contributed by atoms with van der Waals surface area (Å²) in [6.07, 6.45) is 5.42. The Morgan fingerprint density at radius 2 is 2.33 bits per heavy atom. The first kappa shape index (κ1) is 10.2. The third kappa shape index (κ3) is 2.54. The van der Waals surface area contributed by atoms with Gasteiger partial charge < -0.3 is 5.32 Å². The number of nitrogens with one attached hydrogen (secondary N) is 1. The largest absolute Gasteiger partial charge is 0.318 e. The summed E-state index contributed by atoms with van der Waals surface area (Å²) in [4.78, 5) is 0. The first-order valence-electron chi connectivity index (χ1n) is 4.50. The van der Waals surface area contributed by atoms with Crippen LogP contribution in [0.4, 0.5) is 0 Å². The minimum absolute atomic E-state index is 0.481. The summed E-state index contributed by atoms with van der Waals surface area (Å²) in [7, 11) is 1.16. The van der Waals surface area contributed by atoms with E-state index in [1.54, 1.807) is 6.26 Å². The van der Waals surface area contributed by atoms with Crippen molar-refractivity contribution in [3.63, 3.8) is 0 Å². The Morgan fingerprint density at radius 1 is 1.58 bits per heavy atom. The fourth-order valence-electron chi connectivity index (χ4n) is 1.75. The van der Waals surface area contributed by atoms with E-state index >= 15 is 0 Å². The Kier molecular flexibility index (Phi) is 4.18. The molecule has 0 radical (unpaired) electrons. The van der Waals surface area contributed by atoms with Crippen molar-refractivity contribution in [2.75, 3.05) is 26.4 Å². The predicted octanol–water partition coefficient (Wildman–Crippen LogP) is 0.354. The Hall–Kier alpha value is 0.0700. The molecule has 4 heteroatoms. The lowest BCUT2D eigenvalue weighted by Gasteiger charge is -2.33. The van der Waals surface area contributed by atoms with Crippen LogP contribution in [0.5, 0.6) is 0 Å². The predicted molar refractivity (Wildman–Crippen MR) is 52.3 cm³/mol. The molecule has 0 aromatic heterocycles. The van der Waals surface area contributed by atoms with Crippen LogP contribution in [-0.2, 0) is 11.0 Å². The van der Waals surface area contributed by atoms with Crippen LogP contribution in [0.3, 0.4) is 0 Å². The van der Waals surface area contributed by atoms with Crippen molar-refractivity contribution in [1.29, 1.82) is 0 Å². The Bertz CT molecular complexity index is 161. The zero-order valence-electron chi connectivity index (χ0n) is 7.88. The maximum atomic E-state index is 11.3. The molecule has 0 bridgehead atoms. The van der Waals surface area contributed by atoms with E-state index in [1.807, 2.05) is 7.05 Å². The molecule has 1 heterocycles. The number of rotatable bonds is 3. The van der Waals surface area contributed by atoms with Gasteiger partial charge in [-0.15, -0.1) is 0 Å². The first-order valence-corrected chi connectivity index (χ1v) is 6.02. The molecule has 0 aliphatic carbocycles. The number of piperidine rings is 1. The van der Waals surface area contributed by atoms with Crippen LogP contribution >= 0.6 is 0 Å². The second kappa shape index (κ2) is 4.94. The van der Waals surface area contributed by atoms with Gasteiger partial charge in [-0.1, -0.05) is 6.42 Å². The van der Waals surface area contributed by atoms with Crippen molar-refractivity contribution in [1.82, 2.24) is 9.62 Å². The highest BCUT2D eigenvalue weighted by Crippen LogP contribution is 2.17. The lowest BCUT2D eigenvalue weighted by molar-refractivity contribution is 0.261. The van der Waals surface area contributed by atoms with Crippen molar-refractivity contribution in [3.8, 4) is 0 Å². The summed E-state index contributed by atoms with van der Waals surface area (Å²) in [6.45, 7) is 1.95. The molecule has 1 N–H and O–H groups in total. The van der Waals surface area contributed by atoms with E-state index in [2.05, 4.69) is 9.62 Å². The topological polar surface area (TPSA) is 32.3 Å². The summed E-state index contributed by atoms with van der Waals surface area (Å²) < 4.78 is 13.4. The van der Waals surface area contributed by atoms with Gasteiger partial charge in [0, 0.05) is 25.4 Å². The van der Waals surface area contributed by atoms with E-state index in [0.29, 0.717) is 6.04 Å². The van der Waals surface area contributed by atoms with Crippen LogP contribution in [0.25, 0.3) is 0 Å². The summed E-state index contributed by atoms with van der Waals surface area (Å²) in [6, 6.07) is 0.481. The van der Waals surface area contributed by atoms with Gasteiger partial charge in [0.2, 0.25) is 0 Å². The van der Waals surface area contributed by atoms with Gasteiger partial charge in [-0.25, -0.2) is 8.51 Å². The number of likely N-dealkylation sites (N-methyl/N-ethyl adjacent to an activating group) is 1. The molecule has 1 aliphatic rings. The molecule has 12 heavy (non-hydrogen) atoms. The summed E-state index contributed by atoms with van der Waals surface area (Å²) in [5, 5.41) is 3.15. The molecule has 2 unspecified atom stereocenters. The van der Waals surface area contributed by atoms with Crippen LogP contribution in [0.2, 0.25) is 0 Å². The van der Waals surface area contributed by atoms with Gasteiger partial charge in [-0.3, -0.25) is 0 Å². The minimum Gasteiger partial charge on any atom is -0.318 e. The zero-order valence-corrected chi connectivity index (χ0v) is 8.69. The summed E-state index contributed by atoms with van der Waals surface area (Å²) in [5.41, 5.74) is 0. The van der Waals surface area contributed by atoms with Crippen molar-refractivity contribution >= 4 is 11.0 Å². The smallest absolute Gasteiger partial charge is 0.0913 e. The van der Waals surface area contributed by atoms with Crippen LogP contribution in [0.15, 0.2) is 0 Å². The van der Waals surface area contributed by atoms with Crippen molar-refractivity contribution in [2.24, 2.45) is 0 Å². The van der Waals surface area contributed by atoms with Gasteiger partial charge in [-0.2, -0.15) is 0 Å². The normalized spacial score (nSPS) is 28.7. The van der Waals surface area contributed by atoms with Gasteiger partial charge in [0.15, 0.2) is 0 Å². The monoisotopic (exact) mass is 190 g/mol. The highest BCUT2D eigenvalue weighted by Gasteiger charge is 2.23. The lowest BCUT2D eigenvalue weighted by atomic mass is 10.1. The van der Waals surface area contributed by atoms with Crippen LogP contribution < -0.4 is 5.32 Å². The lowest BCUT2D eigenvalue weighted by Crippen LogP contribution is -2.45. The van der Waals surface area contributed by atoms with Crippen LogP contribution in [0.1, 0.15) is 19.3 Å². The first-order chi connectivity index (χ1) is 5.75. The van der Waals surface area contributed by atoms with Gasteiger partial charge in [0.05, 0.1) is 11.0 Å². The third-order valence-corrected chi connectivity index (χ3v) is 3.48. The fourth-order valence-corrected chi connectivity index (χ4v) is 2.74. The minimum atomic E-state index is -0.790. The maximum absolute atomic E-state index is 11.3. The number of hydrogen-bond donors (Lipinski definition) is 1. The standard InChI is InChI=1S/C8H18N2OS/c1-9-7-8-5-3-4-6-10(8)12(2)11/h8-9H,3-7H2,1-2H3. The third-order valence-electron chi connectivity index (χ3n) is 2.34. The Morgan fingerprint density at radius 3 is 2.92 bits per heavy atom. The molecule has 72 valence electrons. The fraction of sp³-hybridized carbons (Fsp3) is 1.00. The van der Waals surface area contributed by atoms with E-state index in [-0.39, 0.29) is 0 Å². The van der Waals surface area contributed by atoms with Gasteiger partial charge in [0.25, 0.3) is 0 Å². The molecule has 1 aliphatic heterocycles. The molecule has 2 atom stereocenters. The number of hydrogen-bond acceptors (Lipinski definition) is 2. The molecule has 1 fully saturated rings. The Balaban J connectivity index is 2.48. The summed E-state index contributed by atoms with van der Waals surface area (Å²) in [5.74, 6) is 0. The van der Waals surface area contributed by atoms with Gasteiger partial charge >= 0.3 is 0 Å². The number of nitrogens with zero attached hydrogens (tertiary/aromatic N) is 1. The molecular weight excluding hydrogens is 172 g/mol. The molecule has 1 rings (SSSR count). The van der Waals surface area contributed by atoms with Crippen LogP contribution in [0, 0.1) is 0 Å². The highest BCUT2D eigenvalue weighted by molar-refractivity contribution is 7.81. The Labute approximate surface area is 77.1 Å². The second-order valence-corrected chi connectivity index (χ2v) is 4.59. The van der Waals surface area contributed by atoms with E-state index in [9.17, 15) is 4.21 Å². The highest BCUT2D eigenvalue weighted by atomic mass is 32.2. The average Bonchev–Trinajstić information content (AvgIpc) is 2.05. The molecule has 3 nitrogen and oxygen atoms in total. The molecular formula is C8H18N2OS. The van der Waals surface area contributed by atoms with Gasteiger partial charge in [-0.05, 0) is 19.9 Å². The molecule has 0 aromatic rings. The van der Waals surface area contributed by atoms with E-state index in [1.165, 1.54) is 19.3 Å². The summed E-state index contributed by atoms with van der Waals surface area (Å²) >= 11 is 0. The maximum Gasteiger partial charge on any atom is 0.0913 e. The van der Waals surface area contributed by atoms with Crippen molar-refractivity contribution in [2.45, 2.75) is 25.3 Å². The van der Waals surface area contributed by atoms with Crippen molar-refractivity contribution < 1.29 is 4.21 Å². The molecule has 0 aromatic carbocycles. The van der Waals surface area contributed by atoms with E-state index in [0.717, 1.165) is 13.1 Å². The second-order valence-electron chi connectivity index (χ2n) is 3.27. The molecule has 1 saturated heterocycles. The van der Waals surface area contributed by atoms with Gasteiger partial charge in [0.1, 0.15) is 0 Å². The van der Waals surface area contributed by atoms with E-state index < -0.39 is 11.0 Å². The molecule has 0 saturated carbocycles.